The fourth-order valence-corrected chi connectivity index (χ4v) is 4.46. The standard InChI is InChI=1S/C24H21N5OS/c1-16-22(26-21-11-7-6-10-20(21)25-16)15-31-24-28-27-23(19-12-13-30-17(19)2)29(24)14-18-8-4-3-5-9-18/h3-13H,14-15H2,1-2H3. The number of para-hydroxylation sites is 2. The van der Waals surface area contributed by atoms with Crippen LogP contribution in [0.4, 0.5) is 0 Å². The van der Waals surface area contributed by atoms with E-state index in [4.69, 9.17) is 14.4 Å². The maximum atomic E-state index is 5.51. The van der Waals surface area contributed by atoms with Gasteiger partial charge < -0.3 is 4.42 Å². The zero-order valence-electron chi connectivity index (χ0n) is 17.3. The van der Waals surface area contributed by atoms with Crippen molar-refractivity contribution in [1.82, 2.24) is 24.7 Å². The Labute approximate surface area is 184 Å². The highest BCUT2D eigenvalue weighted by Gasteiger charge is 2.18. The van der Waals surface area contributed by atoms with E-state index in [1.807, 2.05) is 62.4 Å². The van der Waals surface area contributed by atoms with E-state index >= 15 is 0 Å². The molecule has 5 rings (SSSR count). The van der Waals surface area contributed by atoms with Gasteiger partial charge in [-0.15, -0.1) is 10.2 Å². The first-order valence-corrected chi connectivity index (χ1v) is 11.0. The Bertz CT molecular complexity index is 1340. The lowest BCUT2D eigenvalue weighted by Crippen LogP contribution is -2.05. The van der Waals surface area contributed by atoms with Crippen LogP contribution < -0.4 is 0 Å². The van der Waals surface area contributed by atoms with Crippen molar-refractivity contribution in [2.24, 2.45) is 0 Å². The molecule has 0 aliphatic carbocycles. The van der Waals surface area contributed by atoms with Crippen molar-refractivity contribution in [3.05, 3.63) is 89.6 Å². The van der Waals surface area contributed by atoms with Crippen LogP contribution in [0.2, 0.25) is 0 Å². The summed E-state index contributed by atoms with van der Waals surface area (Å²) in [4.78, 5) is 9.52. The van der Waals surface area contributed by atoms with Gasteiger partial charge in [-0.1, -0.05) is 54.2 Å². The molecule has 6 nitrogen and oxygen atoms in total. The van der Waals surface area contributed by atoms with E-state index in [1.165, 1.54) is 5.56 Å². The highest BCUT2D eigenvalue weighted by atomic mass is 32.2. The first-order valence-electron chi connectivity index (χ1n) is 10.1. The molecular weight excluding hydrogens is 406 g/mol. The van der Waals surface area contributed by atoms with Gasteiger partial charge in [0.2, 0.25) is 0 Å². The van der Waals surface area contributed by atoms with Gasteiger partial charge in [0.1, 0.15) is 5.76 Å². The normalized spacial score (nSPS) is 11.3. The van der Waals surface area contributed by atoms with Crippen LogP contribution in [-0.4, -0.2) is 24.7 Å². The molecule has 3 heterocycles. The monoisotopic (exact) mass is 427 g/mol. The summed E-state index contributed by atoms with van der Waals surface area (Å²) in [5, 5.41) is 9.84. The quantitative estimate of drug-likeness (QED) is 0.336. The molecule has 0 atom stereocenters. The molecule has 0 bridgehead atoms. The van der Waals surface area contributed by atoms with Crippen LogP contribution in [0.5, 0.6) is 0 Å². The second-order valence-corrected chi connectivity index (χ2v) is 8.24. The summed E-state index contributed by atoms with van der Waals surface area (Å²) in [6.45, 7) is 4.63. The van der Waals surface area contributed by atoms with Crippen molar-refractivity contribution in [2.45, 2.75) is 31.3 Å². The van der Waals surface area contributed by atoms with Crippen LogP contribution in [0.3, 0.4) is 0 Å². The second kappa shape index (κ2) is 8.35. The number of rotatable bonds is 6. The third-order valence-electron chi connectivity index (χ3n) is 5.18. The largest absolute Gasteiger partial charge is 0.469 e. The number of nitrogens with zero attached hydrogens (tertiary/aromatic N) is 5. The number of furan rings is 1. The van der Waals surface area contributed by atoms with Crippen molar-refractivity contribution in [1.29, 1.82) is 0 Å². The van der Waals surface area contributed by atoms with Crippen molar-refractivity contribution in [3.63, 3.8) is 0 Å². The topological polar surface area (TPSA) is 69.6 Å². The molecule has 3 aromatic heterocycles. The van der Waals surface area contributed by atoms with E-state index in [2.05, 4.69) is 26.9 Å². The maximum Gasteiger partial charge on any atom is 0.192 e. The van der Waals surface area contributed by atoms with Gasteiger partial charge in [-0.25, -0.2) is 9.97 Å². The van der Waals surface area contributed by atoms with Crippen LogP contribution in [0.1, 0.15) is 22.7 Å². The summed E-state index contributed by atoms with van der Waals surface area (Å²) in [7, 11) is 0. The molecule has 0 N–H and O–H groups in total. The first kappa shape index (κ1) is 19.5. The van der Waals surface area contributed by atoms with Crippen molar-refractivity contribution in [2.75, 3.05) is 0 Å². The van der Waals surface area contributed by atoms with Gasteiger partial charge in [0.25, 0.3) is 0 Å². The lowest BCUT2D eigenvalue weighted by molar-refractivity contribution is 0.534. The van der Waals surface area contributed by atoms with E-state index < -0.39 is 0 Å². The van der Waals surface area contributed by atoms with Gasteiger partial charge in [0.15, 0.2) is 11.0 Å². The molecule has 0 unspecified atom stereocenters. The fraction of sp³-hybridized carbons (Fsp3) is 0.167. The fourth-order valence-electron chi connectivity index (χ4n) is 3.51. The molecule has 0 aliphatic rings. The van der Waals surface area contributed by atoms with Crippen LogP contribution >= 0.6 is 11.8 Å². The molecule has 0 spiro atoms. The molecule has 0 fully saturated rings. The predicted molar refractivity (Wildman–Crippen MR) is 122 cm³/mol. The summed E-state index contributed by atoms with van der Waals surface area (Å²) in [5.41, 5.74) is 5.86. The van der Waals surface area contributed by atoms with Gasteiger partial charge in [-0.3, -0.25) is 4.57 Å². The van der Waals surface area contributed by atoms with Crippen molar-refractivity contribution < 1.29 is 4.42 Å². The Kier molecular flexibility index (Phi) is 5.26. The molecule has 0 amide bonds. The summed E-state index contributed by atoms with van der Waals surface area (Å²) in [6, 6.07) is 20.2. The maximum absolute atomic E-state index is 5.51. The molecule has 2 aromatic carbocycles. The molecule has 31 heavy (non-hydrogen) atoms. The Morgan fingerprint density at radius 2 is 1.61 bits per heavy atom. The number of aromatic nitrogens is 5. The summed E-state index contributed by atoms with van der Waals surface area (Å²) in [6.07, 6.45) is 1.69. The molecular formula is C24H21N5OS. The average molecular weight is 428 g/mol. The van der Waals surface area contributed by atoms with Gasteiger partial charge in [-0.05, 0) is 37.6 Å². The Hall–Kier alpha value is -3.45. The van der Waals surface area contributed by atoms with E-state index in [1.54, 1.807) is 18.0 Å². The van der Waals surface area contributed by atoms with Gasteiger partial charge in [0, 0.05) is 5.75 Å². The summed E-state index contributed by atoms with van der Waals surface area (Å²) >= 11 is 1.62. The predicted octanol–water partition coefficient (Wildman–Crippen LogP) is 5.44. The smallest absolute Gasteiger partial charge is 0.192 e. The highest BCUT2D eigenvalue weighted by molar-refractivity contribution is 7.98. The van der Waals surface area contributed by atoms with E-state index in [0.29, 0.717) is 12.3 Å². The second-order valence-electron chi connectivity index (χ2n) is 7.30. The molecule has 0 saturated heterocycles. The third kappa shape index (κ3) is 3.96. The number of hydrogen-bond acceptors (Lipinski definition) is 6. The van der Waals surface area contributed by atoms with Crippen molar-refractivity contribution in [3.8, 4) is 11.4 Å². The first-order chi connectivity index (χ1) is 15.2. The Balaban J connectivity index is 1.48. The van der Waals surface area contributed by atoms with E-state index in [9.17, 15) is 0 Å². The average Bonchev–Trinajstić information content (AvgIpc) is 3.38. The number of fused-ring (bicyclic) bond motifs is 1. The zero-order chi connectivity index (χ0) is 21.2. The van der Waals surface area contributed by atoms with Gasteiger partial charge in [-0.2, -0.15) is 0 Å². The molecule has 154 valence electrons. The molecule has 0 aliphatic heterocycles. The minimum absolute atomic E-state index is 0.668. The lowest BCUT2D eigenvalue weighted by atomic mass is 10.2. The molecule has 5 aromatic rings. The zero-order valence-corrected chi connectivity index (χ0v) is 18.1. The van der Waals surface area contributed by atoms with Crippen LogP contribution in [-0.2, 0) is 12.3 Å². The van der Waals surface area contributed by atoms with Crippen LogP contribution in [0.15, 0.2) is 76.5 Å². The summed E-state index contributed by atoms with van der Waals surface area (Å²) < 4.78 is 7.65. The Morgan fingerprint density at radius 1 is 0.871 bits per heavy atom. The third-order valence-corrected chi connectivity index (χ3v) is 6.16. The highest BCUT2D eigenvalue weighted by Crippen LogP contribution is 2.30. The van der Waals surface area contributed by atoms with Crippen LogP contribution in [0.25, 0.3) is 22.4 Å². The minimum Gasteiger partial charge on any atom is -0.469 e. The van der Waals surface area contributed by atoms with Gasteiger partial charge in [0.05, 0.1) is 40.8 Å². The molecule has 0 radical (unpaired) electrons. The number of thioether (sulfide) groups is 1. The SMILES string of the molecule is Cc1nc2ccccc2nc1CSc1nnc(-c2ccoc2C)n1Cc1ccccc1. The molecule has 0 saturated carbocycles. The lowest BCUT2D eigenvalue weighted by Gasteiger charge is -2.11. The van der Waals surface area contributed by atoms with E-state index in [-0.39, 0.29) is 0 Å². The van der Waals surface area contributed by atoms with Gasteiger partial charge >= 0.3 is 0 Å². The summed E-state index contributed by atoms with van der Waals surface area (Å²) in [5.74, 6) is 2.30. The molecule has 7 heteroatoms. The number of aryl methyl sites for hydroxylation is 2. The number of benzene rings is 2. The Morgan fingerprint density at radius 3 is 2.35 bits per heavy atom. The van der Waals surface area contributed by atoms with E-state index in [0.717, 1.165) is 44.7 Å². The van der Waals surface area contributed by atoms with Crippen LogP contribution in [0, 0.1) is 13.8 Å². The number of hydrogen-bond donors (Lipinski definition) is 0. The minimum atomic E-state index is 0.668. The van der Waals surface area contributed by atoms with Crippen molar-refractivity contribution >= 4 is 22.8 Å².